The van der Waals surface area contributed by atoms with Gasteiger partial charge in [-0.1, -0.05) is 61.5 Å². The maximum absolute atomic E-state index is 13.2. The topological polar surface area (TPSA) is 76.0 Å². The second-order valence-electron chi connectivity index (χ2n) is 7.33. The lowest BCUT2D eigenvalue weighted by molar-refractivity contribution is 0.0952. The normalized spacial score (nSPS) is 10.5. The van der Waals surface area contributed by atoms with Crippen LogP contribution in [0.25, 0.3) is 16.9 Å². The Kier molecular flexibility index (Phi) is 6.41. The van der Waals surface area contributed by atoms with Crippen molar-refractivity contribution in [3.8, 4) is 16.9 Å². The minimum absolute atomic E-state index is 0.162. The van der Waals surface area contributed by atoms with E-state index in [1.54, 1.807) is 35.1 Å². The van der Waals surface area contributed by atoms with E-state index >= 15 is 0 Å². The molecule has 4 aromatic rings. The highest BCUT2D eigenvalue weighted by Crippen LogP contribution is 2.25. The molecule has 4 rings (SSSR count). The molecular weight excluding hydrogens is 400 g/mol. The summed E-state index contributed by atoms with van der Waals surface area (Å²) in [4.78, 5) is 25.5. The van der Waals surface area contributed by atoms with Crippen LogP contribution in [0.4, 0.5) is 5.69 Å². The molecule has 0 aliphatic rings. The van der Waals surface area contributed by atoms with Crippen LogP contribution in [-0.2, 0) is 0 Å². The van der Waals surface area contributed by atoms with Gasteiger partial charge in [0.2, 0.25) is 0 Å². The number of nitrogens with zero attached hydrogens (tertiary/aromatic N) is 2. The Bertz CT molecular complexity index is 1220. The minimum atomic E-state index is -0.294. The molecular formula is C26H24N4O2. The van der Waals surface area contributed by atoms with Crippen molar-refractivity contribution in [3.63, 3.8) is 0 Å². The summed E-state index contributed by atoms with van der Waals surface area (Å²) in [6.45, 7) is 2.60. The summed E-state index contributed by atoms with van der Waals surface area (Å²) in [6.07, 6.45) is 2.58. The molecule has 1 heterocycles. The van der Waals surface area contributed by atoms with Crippen molar-refractivity contribution in [3.05, 3.63) is 102 Å². The van der Waals surface area contributed by atoms with Crippen molar-refractivity contribution in [1.29, 1.82) is 0 Å². The predicted octanol–water partition coefficient (Wildman–Crippen LogP) is 4.93. The summed E-state index contributed by atoms with van der Waals surface area (Å²) in [5, 5.41) is 10.4. The van der Waals surface area contributed by atoms with Crippen LogP contribution in [0.2, 0.25) is 0 Å². The molecule has 0 atom stereocenters. The monoisotopic (exact) mass is 424 g/mol. The molecule has 0 unspecified atom stereocenters. The molecule has 160 valence electrons. The Morgan fingerprint density at radius 2 is 1.59 bits per heavy atom. The fourth-order valence-corrected chi connectivity index (χ4v) is 3.34. The molecule has 6 nitrogen and oxygen atoms in total. The largest absolute Gasteiger partial charge is 0.352 e. The van der Waals surface area contributed by atoms with Crippen molar-refractivity contribution in [2.75, 3.05) is 11.9 Å². The zero-order chi connectivity index (χ0) is 22.3. The van der Waals surface area contributed by atoms with Crippen molar-refractivity contribution in [2.45, 2.75) is 13.3 Å². The molecule has 2 N–H and O–H groups in total. The van der Waals surface area contributed by atoms with Gasteiger partial charge >= 0.3 is 0 Å². The van der Waals surface area contributed by atoms with Crippen LogP contribution in [0.1, 0.15) is 34.1 Å². The van der Waals surface area contributed by atoms with Crippen LogP contribution in [-0.4, -0.2) is 28.1 Å². The van der Waals surface area contributed by atoms with Crippen LogP contribution < -0.4 is 10.6 Å². The first-order chi connectivity index (χ1) is 15.7. The molecule has 0 bridgehead atoms. The van der Waals surface area contributed by atoms with Gasteiger partial charge in [0.15, 0.2) is 0 Å². The molecule has 3 aromatic carbocycles. The van der Waals surface area contributed by atoms with Crippen LogP contribution in [0.5, 0.6) is 0 Å². The number of aromatic nitrogens is 2. The van der Waals surface area contributed by atoms with Gasteiger partial charge < -0.3 is 10.6 Å². The Labute approximate surface area is 186 Å². The summed E-state index contributed by atoms with van der Waals surface area (Å²) in [5.74, 6) is -0.457. The second-order valence-corrected chi connectivity index (χ2v) is 7.33. The van der Waals surface area contributed by atoms with Gasteiger partial charge in [0.1, 0.15) is 5.69 Å². The Morgan fingerprint density at radius 1 is 0.875 bits per heavy atom. The molecule has 0 saturated carbocycles. The first-order valence-corrected chi connectivity index (χ1v) is 10.6. The van der Waals surface area contributed by atoms with E-state index in [9.17, 15) is 9.59 Å². The van der Waals surface area contributed by atoms with E-state index in [1.807, 2.05) is 67.6 Å². The molecule has 0 spiro atoms. The van der Waals surface area contributed by atoms with Crippen molar-refractivity contribution in [1.82, 2.24) is 15.1 Å². The molecule has 0 fully saturated rings. The summed E-state index contributed by atoms with van der Waals surface area (Å²) < 4.78 is 1.70. The summed E-state index contributed by atoms with van der Waals surface area (Å²) in [7, 11) is 0. The third-order valence-corrected chi connectivity index (χ3v) is 4.95. The molecule has 32 heavy (non-hydrogen) atoms. The van der Waals surface area contributed by atoms with Gasteiger partial charge in [-0.05, 0) is 36.8 Å². The third-order valence-electron chi connectivity index (χ3n) is 4.95. The lowest BCUT2D eigenvalue weighted by Crippen LogP contribution is -2.24. The quantitative estimate of drug-likeness (QED) is 0.442. The zero-order valence-corrected chi connectivity index (χ0v) is 17.8. The standard InChI is InChI=1S/C26H24N4O2/c1-2-16-27-25(31)20-12-9-13-21(17-20)28-26(32)23-18-30(22-14-7-4-8-15-22)29-24(23)19-10-5-3-6-11-19/h3-15,17-18H,2,16H2,1H3,(H,27,31)(H,28,32). The summed E-state index contributed by atoms with van der Waals surface area (Å²) in [5.41, 5.74) is 3.79. The lowest BCUT2D eigenvalue weighted by Gasteiger charge is -2.08. The number of para-hydroxylation sites is 1. The summed E-state index contributed by atoms with van der Waals surface area (Å²) >= 11 is 0. The molecule has 0 saturated heterocycles. The fourth-order valence-electron chi connectivity index (χ4n) is 3.34. The number of hydrogen-bond acceptors (Lipinski definition) is 3. The number of amides is 2. The van der Waals surface area contributed by atoms with Gasteiger partial charge in [-0.3, -0.25) is 9.59 Å². The number of hydrogen-bond donors (Lipinski definition) is 2. The molecule has 0 aliphatic heterocycles. The van der Waals surface area contributed by atoms with Gasteiger partial charge in [0, 0.05) is 29.6 Å². The first-order valence-electron chi connectivity index (χ1n) is 10.6. The van der Waals surface area contributed by atoms with Gasteiger partial charge in [0.05, 0.1) is 11.3 Å². The molecule has 0 aliphatic carbocycles. The minimum Gasteiger partial charge on any atom is -0.352 e. The zero-order valence-electron chi connectivity index (χ0n) is 17.8. The number of carbonyl (C=O) groups is 2. The highest BCUT2D eigenvalue weighted by molar-refractivity contribution is 6.08. The van der Waals surface area contributed by atoms with Crippen LogP contribution in [0.3, 0.4) is 0 Å². The number of nitrogens with one attached hydrogen (secondary N) is 2. The van der Waals surface area contributed by atoms with Crippen molar-refractivity contribution in [2.24, 2.45) is 0 Å². The Hall–Kier alpha value is -4.19. The number of anilines is 1. The fraction of sp³-hybridized carbons (Fsp3) is 0.115. The Morgan fingerprint density at radius 3 is 2.31 bits per heavy atom. The number of rotatable bonds is 7. The SMILES string of the molecule is CCCNC(=O)c1cccc(NC(=O)c2cn(-c3ccccc3)nc2-c2ccccc2)c1. The maximum atomic E-state index is 13.2. The van der Waals surface area contributed by atoms with Gasteiger partial charge in [-0.15, -0.1) is 0 Å². The van der Waals surface area contributed by atoms with Crippen molar-refractivity contribution >= 4 is 17.5 Å². The van der Waals surface area contributed by atoms with E-state index in [0.29, 0.717) is 29.1 Å². The van der Waals surface area contributed by atoms with E-state index in [4.69, 9.17) is 0 Å². The average molecular weight is 425 g/mol. The molecule has 6 heteroatoms. The summed E-state index contributed by atoms with van der Waals surface area (Å²) in [6, 6.07) is 26.2. The van der Waals surface area contributed by atoms with E-state index < -0.39 is 0 Å². The lowest BCUT2D eigenvalue weighted by atomic mass is 10.1. The molecule has 0 radical (unpaired) electrons. The highest BCUT2D eigenvalue weighted by atomic mass is 16.2. The van der Waals surface area contributed by atoms with Crippen molar-refractivity contribution < 1.29 is 9.59 Å². The van der Waals surface area contributed by atoms with Gasteiger partial charge in [-0.2, -0.15) is 5.10 Å². The number of carbonyl (C=O) groups excluding carboxylic acids is 2. The van der Waals surface area contributed by atoms with Crippen LogP contribution >= 0.6 is 0 Å². The van der Waals surface area contributed by atoms with E-state index in [0.717, 1.165) is 17.7 Å². The highest BCUT2D eigenvalue weighted by Gasteiger charge is 2.19. The van der Waals surface area contributed by atoms with Gasteiger partial charge in [0.25, 0.3) is 11.8 Å². The first kappa shape index (κ1) is 21.1. The van der Waals surface area contributed by atoms with Gasteiger partial charge in [-0.25, -0.2) is 4.68 Å². The van der Waals surface area contributed by atoms with Crippen LogP contribution in [0, 0.1) is 0 Å². The molecule has 1 aromatic heterocycles. The Balaban J connectivity index is 1.65. The predicted molar refractivity (Wildman–Crippen MR) is 126 cm³/mol. The smallest absolute Gasteiger partial charge is 0.259 e. The van der Waals surface area contributed by atoms with E-state index in [2.05, 4.69) is 15.7 Å². The van der Waals surface area contributed by atoms with E-state index in [-0.39, 0.29) is 11.8 Å². The third kappa shape index (κ3) is 4.75. The molecule has 2 amide bonds. The number of benzene rings is 3. The second kappa shape index (κ2) is 9.75. The van der Waals surface area contributed by atoms with Crippen LogP contribution in [0.15, 0.2) is 91.1 Å². The maximum Gasteiger partial charge on any atom is 0.259 e. The van der Waals surface area contributed by atoms with E-state index in [1.165, 1.54) is 0 Å². The average Bonchev–Trinajstić information content (AvgIpc) is 3.30.